The third kappa shape index (κ3) is 4.04. The van der Waals surface area contributed by atoms with Crippen molar-refractivity contribution in [3.05, 3.63) is 42.2 Å². The number of hydrogen-bond donors (Lipinski definition) is 2. The quantitative estimate of drug-likeness (QED) is 0.594. The number of benzene rings is 1. The maximum absolute atomic E-state index is 13.1. The predicted octanol–water partition coefficient (Wildman–Crippen LogP) is 3.41. The minimum atomic E-state index is -4.57. The highest BCUT2D eigenvalue weighted by atomic mass is 19.4. The fraction of sp³-hybridized carbons (Fsp3) is 0.300. The van der Waals surface area contributed by atoms with Crippen molar-refractivity contribution in [1.82, 2.24) is 20.5 Å². The minimum Gasteiger partial charge on any atom is -0.428 e. The molecule has 10 heteroatoms. The van der Waals surface area contributed by atoms with Crippen LogP contribution in [0.3, 0.4) is 0 Å². The molecule has 1 atom stereocenters. The number of rotatable bonds is 6. The van der Waals surface area contributed by atoms with Crippen LogP contribution >= 0.6 is 0 Å². The Morgan fingerprint density at radius 3 is 2.83 bits per heavy atom. The number of halogens is 3. The number of nitrogens with zero attached hydrogens (tertiary/aromatic N) is 3. The van der Waals surface area contributed by atoms with Gasteiger partial charge in [-0.15, -0.1) is 10.2 Å². The zero-order valence-corrected chi connectivity index (χ0v) is 15.7. The highest BCUT2D eigenvalue weighted by Gasteiger charge is 2.32. The molecule has 3 aromatic rings. The first-order chi connectivity index (χ1) is 14.5. The van der Waals surface area contributed by atoms with Crippen molar-refractivity contribution in [3.8, 4) is 17.0 Å². The number of carbonyl (C=O) groups excluding carboxylic acids is 1. The standard InChI is InChI=1S/C20H18F3N5O2/c21-20(22,23)12-3-4-15(17(8-12)30-11-29)18-14-5-7-24-10-16(14)19(28-27-18)26-9-13-2-1-6-25-13/h3-5,7-8,10-11,13,25H,1-2,6,9H2,(H,26,28)/t13-/m0/s1. The van der Waals surface area contributed by atoms with Gasteiger partial charge in [0, 0.05) is 41.3 Å². The molecule has 1 fully saturated rings. The zero-order chi connectivity index (χ0) is 21.1. The van der Waals surface area contributed by atoms with Gasteiger partial charge in [0.2, 0.25) is 0 Å². The second kappa shape index (κ2) is 8.23. The van der Waals surface area contributed by atoms with Crippen molar-refractivity contribution >= 4 is 23.1 Å². The van der Waals surface area contributed by atoms with Crippen molar-refractivity contribution in [2.75, 3.05) is 18.4 Å². The monoisotopic (exact) mass is 417 g/mol. The van der Waals surface area contributed by atoms with E-state index in [0.29, 0.717) is 34.9 Å². The summed E-state index contributed by atoms with van der Waals surface area (Å²) in [5.41, 5.74) is -0.408. The molecule has 2 aromatic heterocycles. The zero-order valence-electron chi connectivity index (χ0n) is 15.7. The van der Waals surface area contributed by atoms with Gasteiger partial charge in [0.15, 0.2) is 5.82 Å². The van der Waals surface area contributed by atoms with Crippen LogP contribution in [0.15, 0.2) is 36.7 Å². The van der Waals surface area contributed by atoms with Gasteiger partial charge in [0.25, 0.3) is 6.47 Å². The molecule has 1 aliphatic rings. The molecule has 0 unspecified atom stereocenters. The Morgan fingerprint density at radius 1 is 1.23 bits per heavy atom. The highest BCUT2D eigenvalue weighted by Crippen LogP contribution is 2.39. The second-order valence-electron chi connectivity index (χ2n) is 6.92. The Bertz CT molecular complexity index is 1070. The number of pyridine rings is 1. The van der Waals surface area contributed by atoms with Crippen LogP contribution in [0.2, 0.25) is 0 Å². The summed E-state index contributed by atoms with van der Waals surface area (Å²) in [6, 6.07) is 4.94. The Hall–Kier alpha value is -3.27. The molecule has 4 rings (SSSR count). The molecule has 3 heterocycles. The van der Waals surface area contributed by atoms with Crippen LogP contribution in [-0.4, -0.2) is 40.8 Å². The summed E-state index contributed by atoms with van der Waals surface area (Å²) in [6.45, 7) is 1.73. The van der Waals surface area contributed by atoms with E-state index >= 15 is 0 Å². The molecule has 0 spiro atoms. The van der Waals surface area contributed by atoms with Gasteiger partial charge in [0.1, 0.15) is 11.4 Å². The number of nitrogens with one attached hydrogen (secondary N) is 2. The lowest BCUT2D eigenvalue weighted by molar-refractivity contribution is -0.138. The molecule has 0 radical (unpaired) electrons. The third-order valence-corrected chi connectivity index (χ3v) is 5.00. The smallest absolute Gasteiger partial charge is 0.416 e. The van der Waals surface area contributed by atoms with E-state index in [9.17, 15) is 18.0 Å². The van der Waals surface area contributed by atoms with E-state index in [1.54, 1.807) is 18.5 Å². The first-order valence-electron chi connectivity index (χ1n) is 9.37. The van der Waals surface area contributed by atoms with Gasteiger partial charge in [0.05, 0.1) is 5.56 Å². The Kier molecular flexibility index (Phi) is 5.49. The van der Waals surface area contributed by atoms with E-state index in [4.69, 9.17) is 4.74 Å². The van der Waals surface area contributed by atoms with E-state index in [-0.39, 0.29) is 17.8 Å². The SMILES string of the molecule is O=COc1cc(C(F)(F)F)ccc1-c1nnc(NC[C@@H]2CCCN2)c2cnccc12. The van der Waals surface area contributed by atoms with Crippen molar-refractivity contribution in [2.45, 2.75) is 25.1 Å². The Balaban J connectivity index is 1.76. The van der Waals surface area contributed by atoms with E-state index in [0.717, 1.165) is 31.5 Å². The van der Waals surface area contributed by atoms with Crippen molar-refractivity contribution in [3.63, 3.8) is 0 Å². The molecule has 0 saturated carbocycles. The largest absolute Gasteiger partial charge is 0.428 e. The average Bonchev–Trinajstić information content (AvgIpc) is 3.25. The third-order valence-electron chi connectivity index (χ3n) is 5.00. The van der Waals surface area contributed by atoms with Crippen molar-refractivity contribution in [1.29, 1.82) is 0 Å². The minimum absolute atomic E-state index is 0.0840. The van der Waals surface area contributed by atoms with Crippen molar-refractivity contribution in [2.24, 2.45) is 0 Å². The summed E-state index contributed by atoms with van der Waals surface area (Å²) in [5, 5.41) is 16.4. The van der Waals surface area contributed by atoms with Crippen molar-refractivity contribution < 1.29 is 22.7 Å². The van der Waals surface area contributed by atoms with E-state index in [2.05, 4.69) is 25.8 Å². The maximum atomic E-state index is 13.1. The molecular weight excluding hydrogens is 399 g/mol. The lowest BCUT2D eigenvalue weighted by Crippen LogP contribution is -2.29. The van der Waals surface area contributed by atoms with Crippen LogP contribution in [0.1, 0.15) is 18.4 Å². The van der Waals surface area contributed by atoms with Gasteiger partial charge < -0.3 is 15.4 Å². The first-order valence-corrected chi connectivity index (χ1v) is 9.37. The summed E-state index contributed by atoms with van der Waals surface area (Å²) in [7, 11) is 0. The number of aromatic nitrogens is 3. The normalized spacial score (nSPS) is 16.6. The van der Waals surface area contributed by atoms with Gasteiger partial charge in [-0.05, 0) is 43.7 Å². The molecule has 1 aromatic carbocycles. The summed E-state index contributed by atoms with van der Waals surface area (Å²) in [5.74, 6) is 0.281. The summed E-state index contributed by atoms with van der Waals surface area (Å²) in [6.07, 6.45) is 0.779. The van der Waals surface area contributed by atoms with Crippen LogP contribution in [-0.2, 0) is 11.0 Å². The van der Waals surface area contributed by atoms with Crippen LogP contribution in [0.5, 0.6) is 5.75 Å². The molecule has 2 N–H and O–H groups in total. The van der Waals surface area contributed by atoms with E-state index < -0.39 is 11.7 Å². The molecule has 30 heavy (non-hydrogen) atoms. The summed E-state index contributed by atoms with van der Waals surface area (Å²) in [4.78, 5) is 15.0. The summed E-state index contributed by atoms with van der Waals surface area (Å²) < 4.78 is 44.0. The molecular formula is C20H18F3N5O2. The maximum Gasteiger partial charge on any atom is 0.416 e. The molecule has 1 saturated heterocycles. The first kappa shape index (κ1) is 20.0. The Labute approximate surface area is 169 Å². The van der Waals surface area contributed by atoms with Gasteiger partial charge in [-0.3, -0.25) is 9.78 Å². The molecule has 0 amide bonds. The Morgan fingerprint density at radius 2 is 2.10 bits per heavy atom. The van der Waals surface area contributed by atoms with Gasteiger partial charge >= 0.3 is 6.18 Å². The molecule has 156 valence electrons. The van der Waals surface area contributed by atoms with Gasteiger partial charge in [-0.1, -0.05) is 0 Å². The number of fused-ring (bicyclic) bond motifs is 1. The molecule has 0 bridgehead atoms. The second-order valence-corrected chi connectivity index (χ2v) is 6.92. The highest BCUT2D eigenvalue weighted by molar-refractivity contribution is 6.00. The number of hydrogen-bond acceptors (Lipinski definition) is 7. The van der Waals surface area contributed by atoms with Crippen LogP contribution in [0.25, 0.3) is 22.0 Å². The van der Waals surface area contributed by atoms with Crippen LogP contribution in [0.4, 0.5) is 19.0 Å². The lowest BCUT2D eigenvalue weighted by atomic mass is 10.0. The van der Waals surface area contributed by atoms with Crippen LogP contribution < -0.4 is 15.4 Å². The number of alkyl halides is 3. The van der Waals surface area contributed by atoms with Crippen LogP contribution in [0, 0.1) is 0 Å². The topological polar surface area (TPSA) is 89.0 Å². The van der Waals surface area contributed by atoms with Gasteiger partial charge in [-0.2, -0.15) is 13.2 Å². The van der Waals surface area contributed by atoms with E-state index in [1.165, 1.54) is 6.07 Å². The summed E-state index contributed by atoms with van der Waals surface area (Å²) >= 11 is 0. The predicted molar refractivity (Wildman–Crippen MR) is 104 cm³/mol. The number of ether oxygens (including phenoxy) is 1. The molecule has 0 aliphatic carbocycles. The molecule has 1 aliphatic heterocycles. The molecule has 7 nitrogen and oxygen atoms in total. The number of carbonyl (C=O) groups is 1. The fourth-order valence-corrected chi connectivity index (χ4v) is 3.52. The average molecular weight is 417 g/mol. The lowest BCUT2D eigenvalue weighted by Gasteiger charge is -2.15. The van der Waals surface area contributed by atoms with E-state index in [1.807, 2.05) is 0 Å². The number of anilines is 1. The van der Waals surface area contributed by atoms with Gasteiger partial charge in [-0.25, -0.2) is 0 Å². The fourth-order valence-electron chi connectivity index (χ4n) is 3.52.